The van der Waals surface area contributed by atoms with Crippen molar-refractivity contribution in [2.75, 3.05) is 19.1 Å². The van der Waals surface area contributed by atoms with Gasteiger partial charge in [-0.2, -0.15) is 0 Å². The van der Waals surface area contributed by atoms with E-state index in [0.717, 1.165) is 19.6 Å². The summed E-state index contributed by atoms with van der Waals surface area (Å²) in [5.74, 6) is 0.687. The summed E-state index contributed by atoms with van der Waals surface area (Å²) in [6.45, 7) is 1.60. The maximum Gasteiger partial charge on any atom is 0.0586 e. The number of alkyl halides is 1. The Morgan fingerprint density at radius 2 is 1.82 bits per heavy atom. The Hall–Kier alpha value is -1.05. The van der Waals surface area contributed by atoms with Gasteiger partial charge < -0.3 is 4.74 Å². The Bertz CT molecular complexity index is 526. The number of halogens is 1. The summed E-state index contributed by atoms with van der Waals surface area (Å²) in [7, 11) is 0. The second-order valence-electron chi connectivity index (χ2n) is 4.74. The first kappa shape index (κ1) is 11.1. The number of benzene rings is 2. The summed E-state index contributed by atoms with van der Waals surface area (Å²) >= 11 is 5.94. The first-order valence-electron chi connectivity index (χ1n) is 5.98. The number of fused-ring (bicyclic) bond motifs is 1. The molecule has 2 heteroatoms. The van der Waals surface area contributed by atoms with Crippen molar-refractivity contribution in [3.8, 4) is 0 Å². The Kier molecular flexibility index (Phi) is 2.81. The molecule has 0 saturated carbocycles. The minimum atomic E-state index is 0.141. The van der Waals surface area contributed by atoms with Gasteiger partial charge in [0.05, 0.1) is 13.2 Å². The molecule has 1 fully saturated rings. The first-order chi connectivity index (χ1) is 8.36. The molecule has 0 atom stereocenters. The van der Waals surface area contributed by atoms with Crippen LogP contribution < -0.4 is 0 Å². The van der Waals surface area contributed by atoms with Crippen LogP contribution in [-0.4, -0.2) is 19.1 Å². The molecule has 0 aromatic heterocycles. The smallest absolute Gasteiger partial charge is 0.0586 e. The van der Waals surface area contributed by atoms with Gasteiger partial charge >= 0.3 is 0 Å². The number of rotatable bonds is 3. The zero-order chi connectivity index (χ0) is 11.7. The zero-order valence-corrected chi connectivity index (χ0v) is 10.4. The van der Waals surface area contributed by atoms with Crippen LogP contribution in [0.15, 0.2) is 42.5 Å². The van der Waals surface area contributed by atoms with Crippen LogP contribution in [0.2, 0.25) is 0 Å². The maximum absolute atomic E-state index is 5.94. The maximum atomic E-state index is 5.94. The fourth-order valence-electron chi connectivity index (χ4n) is 2.65. The van der Waals surface area contributed by atoms with Gasteiger partial charge in [0, 0.05) is 11.3 Å². The van der Waals surface area contributed by atoms with E-state index in [1.165, 1.54) is 16.3 Å². The van der Waals surface area contributed by atoms with E-state index < -0.39 is 0 Å². The van der Waals surface area contributed by atoms with E-state index in [4.69, 9.17) is 16.3 Å². The van der Waals surface area contributed by atoms with Crippen molar-refractivity contribution < 1.29 is 4.74 Å². The average Bonchev–Trinajstić information content (AvgIpc) is 2.33. The zero-order valence-electron chi connectivity index (χ0n) is 9.66. The fourth-order valence-corrected chi connectivity index (χ4v) is 3.01. The highest BCUT2D eigenvalue weighted by molar-refractivity contribution is 6.17. The molecule has 1 heterocycles. The molecule has 3 rings (SSSR count). The molecule has 0 unspecified atom stereocenters. The lowest BCUT2D eigenvalue weighted by molar-refractivity contribution is -0.0608. The Morgan fingerprint density at radius 3 is 2.53 bits per heavy atom. The third kappa shape index (κ3) is 1.74. The van der Waals surface area contributed by atoms with Gasteiger partial charge in [-0.25, -0.2) is 0 Å². The quantitative estimate of drug-likeness (QED) is 0.750. The predicted molar refractivity (Wildman–Crippen MR) is 71.8 cm³/mol. The molecule has 0 amide bonds. The summed E-state index contributed by atoms with van der Waals surface area (Å²) in [5, 5.41) is 2.63. The van der Waals surface area contributed by atoms with Gasteiger partial charge in [-0.3, -0.25) is 0 Å². The molecule has 1 aliphatic rings. The third-order valence-corrected chi connectivity index (χ3v) is 3.88. The summed E-state index contributed by atoms with van der Waals surface area (Å²) in [6, 6.07) is 15.0. The third-order valence-electron chi connectivity index (χ3n) is 3.69. The molecule has 0 aliphatic carbocycles. The van der Waals surface area contributed by atoms with Crippen molar-refractivity contribution in [1.29, 1.82) is 0 Å². The molecular formula is C15H15ClO. The summed E-state index contributed by atoms with van der Waals surface area (Å²) < 4.78 is 5.44. The van der Waals surface area contributed by atoms with E-state index in [9.17, 15) is 0 Å². The molecule has 0 radical (unpaired) electrons. The lowest BCUT2D eigenvalue weighted by atomic mass is 9.74. The van der Waals surface area contributed by atoms with Gasteiger partial charge in [0.15, 0.2) is 0 Å². The summed E-state index contributed by atoms with van der Waals surface area (Å²) in [6.07, 6.45) is 0.989. The van der Waals surface area contributed by atoms with E-state index in [0.29, 0.717) is 5.88 Å². The van der Waals surface area contributed by atoms with E-state index in [2.05, 4.69) is 42.5 Å². The Labute approximate surface area is 106 Å². The topological polar surface area (TPSA) is 9.23 Å². The lowest BCUT2D eigenvalue weighted by Gasteiger charge is -2.42. The monoisotopic (exact) mass is 246 g/mol. The second-order valence-corrected chi connectivity index (χ2v) is 5.12. The normalized spacial score (nSPS) is 17.9. The van der Waals surface area contributed by atoms with E-state index in [1.54, 1.807) is 0 Å². The predicted octanol–water partition coefficient (Wildman–Crippen LogP) is 3.74. The van der Waals surface area contributed by atoms with Gasteiger partial charge in [0.25, 0.3) is 0 Å². The van der Waals surface area contributed by atoms with E-state index >= 15 is 0 Å². The van der Waals surface area contributed by atoms with Gasteiger partial charge in [0.2, 0.25) is 0 Å². The number of hydrogen-bond acceptors (Lipinski definition) is 1. The summed E-state index contributed by atoms with van der Waals surface area (Å²) in [5.41, 5.74) is 1.53. The van der Waals surface area contributed by atoms with Crippen molar-refractivity contribution >= 4 is 22.4 Å². The lowest BCUT2D eigenvalue weighted by Crippen LogP contribution is -2.47. The Morgan fingerprint density at radius 1 is 1.06 bits per heavy atom. The molecule has 1 saturated heterocycles. The van der Waals surface area contributed by atoms with Crippen molar-refractivity contribution in [1.82, 2.24) is 0 Å². The SMILES string of the molecule is ClCCC1(c2cccc3ccccc23)COC1. The highest BCUT2D eigenvalue weighted by atomic mass is 35.5. The molecule has 88 valence electrons. The van der Waals surface area contributed by atoms with Crippen molar-refractivity contribution in [3.63, 3.8) is 0 Å². The molecule has 1 aliphatic heterocycles. The van der Waals surface area contributed by atoms with Crippen molar-refractivity contribution in [2.45, 2.75) is 11.8 Å². The van der Waals surface area contributed by atoms with Crippen LogP contribution >= 0.6 is 11.6 Å². The molecule has 17 heavy (non-hydrogen) atoms. The number of ether oxygens (including phenoxy) is 1. The number of hydrogen-bond donors (Lipinski definition) is 0. The fraction of sp³-hybridized carbons (Fsp3) is 0.333. The van der Waals surface area contributed by atoms with Gasteiger partial charge in [-0.1, -0.05) is 42.5 Å². The Balaban J connectivity index is 2.16. The molecule has 0 spiro atoms. The van der Waals surface area contributed by atoms with E-state index in [-0.39, 0.29) is 5.41 Å². The van der Waals surface area contributed by atoms with Crippen molar-refractivity contribution in [3.05, 3.63) is 48.0 Å². The van der Waals surface area contributed by atoms with Crippen LogP contribution in [0.5, 0.6) is 0 Å². The van der Waals surface area contributed by atoms with Gasteiger partial charge in [-0.05, 0) is 22.8 Å². The van der Waals surface area contributed by atoms with Crippen LogP contribution in [0.25, 0.3) is 10.8 Å². The van der Waals surface area contributed by atoms with Gasteiger partial charge in [-0.15, -0.1) is 11.6 Å². The van der Waals surface area contributed by atoms with Crippen LogP contribution in [-0.2, 0) is 10.2 Å². The van der Waals surface area contributed by atoms with Gasteiger partial charge in [0.1, 0.15) is 0 Å². The molecule has 0 N–H and O–H groups in total. The molecule has 0 bridgehead atoms. The van der Waals surface area contributed by atoms with Crippen LogP contribution in [0.4, 0.5) is 0 Å². The molecule has 2 aromatic rings. The molecular weight excluding hydrogens is 232 g/mol. The highest BCUT2D eigenvalue weighted by Crippen LogP contribution is 2.39. The average molecular weight is 247 g/mol. The molecule has 1 nitrogen and oxygen atoms in total. The van der Waals surface area contributed by atoms with Crippen LogP contribution in [0, 0.1) is 0 Å². The standard InChI is InChI=1S/C15H15ClO/c16-9-8-15(10-17-11-15)14-7-3-5-12-4-1-2-6-13(12)14/h1-7H,8-11H2. The minimum Gasteiger partial charge on any atom is -0.379 e. The van der Waals surface area contributed by atoms with E-state index in [1.807, 2.05) is 0 Å². The second kappa shape index (κ2) is 4.32. The van der Waals surface area contributed by atoms with Crippen LogP contribution in [0.1, 0.15) is 12.0 Å². The highest BCUT2D eigenvalue weighted by Gasteiger charge is 2.40. The first-order valence-corrected chi connectivity index (χ1v) is 6.51. The molecule has 2 aromatic carbocycles. The van der Waals surface area contributed by atoms with Crippen molar-refractivity contribution in [2.24, 2.45) is 0 Å². The largest absolute Gasteiger partial charge is 0.379 e. The minimum absolute atomic E-state index is 0.141. The van der Waals surface area contributed by atoms with Crippen LogP contribution in [0.3, 0.4) is 0 Å². The summed E-state index contributed by atoms with van der Waals surface area (Å²) in [4.78, 5) is 0.